The van der Waals surface area contributed by atoms with Crippen LogP contribution >= 0.6 is 15.9 Å². The molecule has 0 radical (unpaired) electrons. The van der Waals surface area contributed by atoms with Crippen LogP contribution < -0.4 is 5.32 Å². The van der Waals surface area contributed by atoms with E-state index in [2.05, 4.69) is 26.2 Å². The number of amides is 1. The highest BCUT2D eigenvalue weighted by atomic mass is 79.9. The average Bonchev–Trinajstić information content (AvgIpc) is 2.56. The van der Waals surface area contributed by atoms with Gasteiger partial charge in [-0.25, -0.2) is 0 Å². The van der Waals surface area contributed by atoms with Gasteiger partial charge >= 0.3 is 0 Å². The van der Waals surface area contributed by atoms with E-state index < -0.39 is 0 Å². The summed E-state index contributed by atoms with van der Waals surface area (Å²) in [5.41, 5.74) is 1.80. The molecule has 0 aliphatic carbocycles. The molecular formula is C16H18BrN3O2. The van der Waals surface area contributed by atoms with Crippen molar-refractivity contribution in [2.75, 3.05) is 31.6 Å². The molecule has 2 aromatic rings. The highest BCUT2D eigenvalue weighted by Crippen LogP contribution is 2.27. The van der Waals surface area contributed by atoms with Gasteiger partial charge in [0.05, 0.1) is 18.7 Å². The lowest BCUT2D eigenvalue weighted by atomic mass is 10.1. The number of nitrogens with one attached hydrogen (secondary N) is 1. The molecule has 1 N–H and O–H groups in total. The Labute approximate surface area is 137 Å². The van der Waals surface area contributed by atoms with Crippen molar-refractivity contribution in [2.45, 2.75) is 13.0 Å². The molecule has 0 bridgehead atoms. The van der Waals surface area contributed by atoms with Gasteiger partial charge in [0.15, 0.2) is 0 Å². The standard InChI is InChI=1S/C16H18BrN3O2/c1-11(16(21)20-7-9-22-10-8-20)19-14-5-6-18-15-12(14)3-2-4-13(15)17/h2-6,11H,7-10H2,1H3,(H,18,19). The van der Waals surface area contributed by atoms with Gasteiger partial charge in [-0.3, -0.25) is 9.78 Å². The molecule has 1 fully saturated rings. The van der Waals surface area contributed by atoms with Gasteiger partial charge < -0.3 is 15.0 Å². The molecule has 1 aromatic carbocycles. The molecule has 22 heavy (non-hydrogen) atoms. The largest absolute Gasteiger partial charge is 0.378 e. The highest BCUT2D eigenvalue weighted by molar-refractivity contribution is 9.10. The van der Waals surface area contributed by atoms with Gasteiger partial charge in [0.2, 0.25) is 5.91 Å². The lowest BCUT2D eigenvalue weighted by Gasteiger charge is -2.30. The van der Waals surface area contributed by atoms with E-state index in [1.807, 2.05) is 36.1 Å². The van der Waals surface area contributed by atoms with Crippen molar-refractivity contribution >= 4 is 38.4 Å². The molecule has 1 aliphatic rings. The Balaban J connectivity index is 1.80. The van der Waals surface area contributed by atoms with Crippen LogP contribution in [0.3, 0.4) is 0 Å². The van der Waals surface area contributed by atoms with E-state index in [-0.39, 0.29) is 11.9 Å². The second kappa shape index (κ2) is 6.62. The van der Waals surface area contributed by atoms with E-state index in [4.69, 9.17) is 4.74 Å². The minimum absolute atomic E-state index is 0.100. The van der Waals surface area contributed by atoms with Crippen LogP contribution in [0.25, 0.3) is 10.9 Å². The summed E-state index contributed by atoms with van der Waals surface area (Å²) in [5.74, 6) is 0.100. The third-order valence-corrected chi connectivity index (χ3v) is 4.43. The summed E-state index contributed by atoms with van der Waals surface area (Å²) in [6.45, 7) is 4.44. The van der Waals surface area contributed by atoms with Crippen LogP contribution in [0.15, 0.2) is 34.9 Å². The van der Waals surface area contributed by atoms with Crippen molar-refractivity contribution in [1.82, 2.24) is 9.88 Å². The number of rotatable bonds is 3. The number of halogens is 1. The fraction of sp³-hybridized carbons (Fsp3) is 0.375. The van der Waals surface area contributed by atoms with Gasteiger partial charge in [-0.2, -0.15) is 0 Å². The fourth-order valence-corrected chi connectivity index (χ4v) is 3.09. The molecule has 3 rings (SSSR count). The summed E-state index contributed by atoms with van der Waals surface area (Å²) in [6, 6.07) is 7.54. The van der Waals surface area contributed by atoms with E-state index in [1.165, 1.54) is 0 Å². The molecule has 5 nitrogen and oxygen atoms in total. The zero-order valence-corrected chi connectivity index (χ0v) is 14.0. The predicted molar refractivity (Wildman–Crippen MR) is 89.9 cm³/mol. The Morgan fingerprint density at radius 2 is 2.14 bits per heavy atom. The maximum absolute atomic E-state index is 12.5. The number of carbonyl (C=O) groups excluding carboxylic acids is 1. The van der Waals surface area contributed by atoms with Crippen LogP contribution in [0.5, 0.6) is 0 Å². The topological polar surface area (TPSA) is 54.5 Å². The lowest BCUT2D eigenvalue weighted by molar-refractivity contribution is -0.135. The quantitative estimate of drug-likeness (QED) is 0.910. The first kappa shape index (κ1) is 15.2. The smallest absolute Gasteiger partial charge is 0.244 e. The number of fused-ring (bicyclic) bond motifs is 1. The Morgan fingerprint density at radius 1 is 1.36 bits per heavy atom. The maximum Gasteiger partial charge on any atom is 0.244 e. The van der Waals surface area contributed by atoms with Gasteiger partial charge in [0.25, 0.3) is 0 Å². The van der Waals surface area contributed by atoms with Crippen LogP contribution in [-0.2, 0) is 9.53 Å². The second-order valence-corrected chi connectivity index (χ2v) is 6.15. The number of para-hydroxylation sites is 1. The lowest BCUT2D eigenvalue weighted by Crippen LogP contribution is -2.47. The number of carbonyl (C=O) groups is 1. The molecule has 1 atom stereocenters. The number of ether oxygens (including phenoxy) is 1. The van der Waals surface area contributed by atoms with Gasteiger partial charge in [-0.05, 0) is 35.0 Å². The molecule has 1 aromatic heterocycles. The van der Waals surface area contributed by atoms with E-state index in [0.29, 0.717) is 26.3 Å². The highest BCUT2D eigenvalue weighted by Gasteiger charge is 2.22. The Hall–Kier alpha value is -1.66. The van der Waals surface area contributed by atoms with Crippen LogP contribution in [-0.4, -0.2) is 48.1 Å². The first-order chi connectivity index (χ1) is 10.7. The van der Waals surface area contributed by atoms with E-state index >= 15 is 0 Å². The number of hydrogen-bond donors (Lipinski definition) is 1. The zero-order valence-electron chi connectivity index (χ0n) is 12.4. The summed E-state index contributed by atoms with van der Waals surface area (Å²) in [4.78, 5) is 18.7. The summed E-state index contributed by atoms with van der Waals surface area (Å²) in [6.07, 6.45) is 1.75. The molecule has 1 aliphatic heterocycles. The molecule has 2 heterocycles. The summed E-state index contributed by atoms with van der Waals surface area (Å²) in [7, 11) is 0. The monoisotopic (exact) mass is 363 g/mol. The van der Waals surface area contributed by atoms with Gasteiger partial charge in [0, 0.05) is 34.8 Å². The van der Waals surface area contributed by atoms with Crippen LogP contribution in [0.4, 0.5) is 5.69 Å². The van der Waals surface area contributed by atoms with Crippen molar-refractivity contribution in [3.8, 4) is 0 Å². The minimum Gasteiger partial charge on any atom is -0.378 e. The molecular weight excluding hydrogens is 346 g/mol. The number of hydrogen-bond acceptors (Lipinski definition) is 4. The number of morpholine rings is 1. The van der Waals surface area contributed by atoms with Crippen molar-refractivity contribution in [1.29, 1.82) is 0 Å². The van der Waals surface area contributed by atoms with Crippen molar-refractivity contribution in [2.24, 2.45) is 0 Å². The second-order valence-electron chi connectivity index (χ2n) is 5.30. The maximum atomic E-state index is 12.5. The first-order valence-electron chi connectivity index (χ1n) is 7.33. The minimum atomic E-state index is -0.289. The number of aromatic nitrogens is 1. The van der Waals surface area contributed by atoms with Crippen molar-refractivity contribution in [3.63, 3.8) is 0 Å². The summed E-state index contributed by atoms with van der Waals surface area (Å²) >= 11 is 3.51. The van der Waals surface area contributed by atoms with Gasteiger partial charge in [0.1, 0.15) is 6.04 Å². The van der Waals surface area contributed by atoms with Gasteiger partial charge in [-0.1, -0.05) is 12.1 Å². The molecule has 1 amide bonds. The van der Waals surface area contributed by atoms with E-state index in [0.717, 1.165) is 21.1 Å². The van der Waals surface area contributed by atoms with Crippen LogP contribution in [0, 0.1) is 0 Å². The Bertz CT molecular complexity index is 686. The van der Waals surface area contributed by atoms with Gasteiger partial charge in [-0.15, -0.1) is 0 Å². The third-order valence-electron chi connectivity index (χ3n) is 3.79. The Kier molecular flexibility index (Phi) is 4.59. The molecule has 6 heteroatoms. The van der Waals surface area contributed by atoms with Crippen molar-refractivity contribution < 1.29 is 9.53 Å². The normalized spacial score (nSPS) is 16.5. The molecule has 0 spiro atoms. The molecule has 1 saturated heterocycles. The number of nitrogens with zero attached hydrogens (tertiary/aromatic N) is 2. The van der Waals surface area contributed by atoms with E-state index in [1.54, 1.807) is 6.20 Å². The van der Waals surface area contributed by atoms with E-state index in [9.17, 15) is 4.79 Å². The predicted octanol–water partition coefficient (Wildman–Crippen LogP) is 2.66. The Morgan fingerprint density at radius 3 is 2.91 bits per heavy atom. The fourth-order valence-electron chi connectivity index (χ4n) is 2.62. The van der Waals surface area contributed by atoms with Crippen LogP contribution in [0.2, 0.25) is 0 Å². The summed E-state index contributed by atoms with van der Waals surface area (Å²) < 4.78 is 6.24. The zero-order chi connectivity index (χ0) is 15.5. The van der Waals surface area contributed by atoms with Crippen LogP contribution in [0.1, 0.15) is 6.92 Å². The SMILES string of the molecule is CC(Nc1ccnc2c(Br)cccc12)C(=O)N1CCOCC1. The molecule has 1 unspecified atom stereocenters. The third kappa shape index (κ3) is 3.08. The first-order valence-corrected chi connectivity index (χ1v) is 8.12. The summed E-state index contributed by atoms with van der Waals surface area (Å²) in [5, 5.41) is 4.31. The van der Waals surface area contributed by atoms with Crippen molar-refractivity contribution in [3.05, 3.63) is 34.9 Å². The molecule has 0 saturated carbocycles. The number of pyridine rings is 1. The molecule has 116 valence electrons. The number of benzene rings is 1. The number of anilines is 1. The average molecular weight is 364 g/mol.